The molecule has 2 fully saturated rings. The van der Waals surface area contributed by atoms with Crippen LogP contribution in [0.2, 0.25) is 0 Å². The lowest BCUT2D eigenvalue weighted by molar-refractivity contribution is -0.0135. The van der Waals surface area contributed by atoms with Crippen LogP contribution in [-0.4, -0.2) is 55.9 Å². The van der Waals surface area contributed by atoms with E-state index in [0.717, 1.165) is 5.56 Å². The maximum atomic E-state index is 14.8. The van der Waals surface area contributed by atoms with Crippen LogP contribution in [0.3, 0.4) is 0 Å². The van der Waals surface area contributed by atoms with Crippen molar-refractivity contribution in [1.82, 2.24) is 4.90 Å². The fraction of sp³-hybridized carbons (Fsp3) is 0.435. The van der Waals surface area contributed by atoms with Gasteiger partial charge in [-0.2, -0.15) is 0 Å². The molecular weight excluding hydrogens is 404 g/mol. The van der Waals surface area contributed by atoms with E-state index in [4.69, 9.17) is 9.47 Å². The normalized spacial score (nSPS) is 24.2. The maximum Gasteiger partial charge on any atom is 0.322 e. The topological polar surface area (TPSA) is 54.0 Å². The minimum absolute atomic E-state index is 0.0258. The second-order valence-electron chi connectivity index (χ2n) is 8.12. The molecule has 2 amide bonds. The summed E-state index contributed by atoms with van der Waals surface area (Å²) < 4.78 is 39.4. The highest BCUT2D eigenvalue weighted by molar-refractivity contribution is 5.89. The lowest BCUT2D eigenvalue weighted by atomic mass is 10.1. The molecule has 4 rings (SSSR count). The summed E-state index contributed by atoms with van der Waals surface area (Å²) in [5.74, 6) is -0.703. The van der Waals surface area contributed by atoms with Gasteiger partial charge in [-0.15, -0.1) is 0 Å². The van der Waals surface area contributed by atoms with Crippen LogP contribution in [0.25, 0.3) is 0 Å². The highest BCUT2D eigenvalue weighted by atomic mass is 19.1. The van der Waals surface area contributed by atoms with Crippen molar-refractivity contribution in [2.24, 2.45) is 0 Å². The van der Waals surface area contributed by atoms with Gasteiger partial charge in [-0.25, -0.2) is 13.6 Å². The number of benzene rings is 2. The van der Waals surface area contributed by atoms with E-state index in [9.17, 15) is 13.6 Å². The number of rotatable bonds is 3. The van der Waals surface area contributed by atoms with Gasteiger partial charge in [-0.05, 0) is 49.7 Å². The van der Waals surface area contributed by atoms with Crippen LogP contribution < -0.4 is 10.2 Å². The largest absolute Gasteiger partial charge is 0.372 e. The van der Waals surface area contributed by atoms with Gasteiger partial charge in [0.2, 0.25) is 0 Å². The zero-order valence-corrected chi connectivity index (χ0v) is 17.7. The first-order valence-corrected chi connectivity index (χ1v) is 10.5. The molecule has 8 heteroatoms. The van der Waals surface area contributed by atoms with Gasteiger partial charge in [-0.3, -0.25) is 0 Å². The van der Waals surface area contributed by atoms with E-state index in [1.165, 1.54) is 18.2 Å². The van der Waals surface area contributed by atoms with Crippen LogP contribution in [0.4, 0.5) is 25.0 Å². The third-order valence-electron chi connectivity index (χ3n) is 5.55. The molecule has 6 nitrogen and oxygen atoms in total. The fourth-order valence-electron chi connectivity index (χ4n) is 4.13. The van der Waals surface area contributed by atoms with Crippen molar-refractivity contribution >= 4 is 17.4 Å². The van der Waals surface area contributed by atoms with Crippen molar-refractivity contribution in [3.05, 3.63) is 59.7 Å². The molecule has 0 bridgehead atoms. The van der Waals surface area contributed by atoms with Gasteiger partial charge < -0.3 is 24.6 Å². The van der Waals surface area contributed by atoms with Crippen LogP contribution >= 0.6 is 0 Å². The first kappa shape index (κ1) is 21.5. The molecule has 0 radical (unpaired) electrons. The number of hydrogen-bond donors (Lipinski definition) is 1. The summed E-state index contributed by atoms with van der Waals surface area (Å²) in [5, 5.41) is 2.77. The Labute approximate surface area is 180 Å². The number of anilines is 2. The first-order valence-electron chi connectivity index (χ1n) is 10.5. The Bertz CT molecular complexity index is 915. The van der Waals surface area contributed by atoms with Crippen molar-refractivity contribution in [3.8, 4) is 0 Å². The smallest absolute Gasteiger partial charge is 0.322 e. The Morgan fingerprint density at radius 1 is 1.03 bits per heavy atom. The number of amides is 2. The van der Waals surface area contributed by atoms with Gasteiger partial charge in [0.15, 0.2) is 0 Å². The van der Waals surface area contributed by atoms with Crippen LogP contribution in [-0.2, 0) is 9.47 Å². The van der Waals surface area contributed by atoms with Gasteiger partial charge in [0, 0.05) is 25.3 Å². The molecular formula is C23H27F2N3O3. The summed E-state index contributed by atoms with van der Waals surface area (Å²) in [6.45, 7) is 6.30. The van der Waals surface area contributed by atoms with E-state index in [1.807, 2.05) is 18.7 Å². The van der Waals surface area contributed by atoms with Gasteiger partial charge >= 0.3 is 6.03 Å². The quantitative estimate of drug-likeness (QED) is 0.792. The van der Waals surface area contributed by atoms with Crippen LogP contribution in [0, 0.1) is 11.6 Å². The number of halogens is 2. The van der Waals surface area contributed by atoms with Crippen LogP contribution in [0.5, 0.6) is 0 Å². The molecule has 0 aliphatic carbocycles. The molecule has 2 aromatic rings. The number of carbonyl (C=O) groups excluding carboxylic acids is 1. The molecule has 31 heavy (non-hydrogen) atoms. The number of morpholine rings is 2. The standard InChI is InChI=1S/C23H27F2N3O3/c1-15-12-28(13-16(2)31-15)21-8-7-19(11-20(21)25)26-23(29)27-9-10-30-22(14-27)17-3-5-18(24)6-4-17/h3-8,11,15-16,22H,9-10,12-14H2,1-2H3,(H,26,29). The third kappa shape index (κ3) is 5.14. The van der Waals surface area contributed by atoms with Crippen molar-refractivity contribution in [2.45, 2.75) is 32.2 Å². The van der Waals surface area contributed by atoms with Crippen molar-refractivity contribution in [2.75, 3.05) is 43.0 Å². The van der Waals surface area contributed by atoms with Gasteiger partial charge in [0.25, 0.3) is 0 Å². The van der Waals surface area contributed by atoms with Crippen molar-refractivity contribution in [3.63, 3.8) is 0 Å². The fourth-order valence-corrected chi connectivity index (χ4v) is 4.13. The number of ether oxygens (including phenoxy) is 2. The second kappa shape index (κ2) is 9.20. The maximum absolute atomic E-state index is 14.8. The number of carbonyl (C=O) groups is 1. The summed E-state index contributed by atoms with van der Waals surface area (Å²) >= 11 is 0. The average molecular weight is 431 g/mol. The molecule has 0 spiro atoms. The molecule has 2 aliphatic heterocycles. The Balaban J connectivity index is 1.40. The predicted molar refractivity (Wildman–Crippen MR) is 114 cm³/mol. The molecule has 2 aliphatic rings. The van der Waals surface area contributed by atoms with E-state index in [-0.39, 0.29) is 36.0 Å². The lowest BCUT2D eigenvalue weighted by Gasteiger charge is -2.37. The predicted octanol–water partition coefficient (Wildman–Crippen LogP) is 4.18. The second-order valence-corrected chi connectivity index (χ2v) is 8.12. The van der Waals surface area contributed by atoms with Crippen molar-refractivity contribution in [1.29, 1.82) is 0 Å². The molecule has 3 atom stereocenters. The number of nitrogens with zero attached hydrogens (tertiary/aromatic N) is 2. The number of urea groups is 1. The highest BCUT2D eigenvalue weighted by Crippen LogP contribution is 2.27. The summed E-state index contributed by atoms with van der Waals surface area (Å²) in [5.41, 5.74) is 1.71. The summed E-state index contributed by atoms with van der Waals surface area (Å²) in [6.07, 6.45) is -0.277. The van der Waals surface area contributed by atoms with Crippen LogP contribution in [0.1, 0.15) is 25.5 Å². The van der Waals surface area contributed by atoms with Gasteiger partial charge in [0.05, 0.1) is 31.0 Å². The van der Waals surface area contributed by atoms with E-state index >= 15 is 0 Å². The third-order valence-corrected chi connectivity index (χ3v) is 5.55. The van der Waals surface area contributed by atoms with E-state index < -0.39 is 0 Å². The molecule has 3 unspecified atom stereocenters. The van der Waals surface area contributed by atoms with E-state index in [1.54, 1.807) is 29.2 Å². The Kier molecular flexibility index (Phi) is 6.38. The lowest BCUT2D eigenvalue weighted by Crippen LogP contribution is -2.46. The number of hydrogen-bond acceptors (Lipinski definition) is 4. The zero-order chi connectivity index (χ0) is 22.0. The molecule has 2 aromatic carbocycles. The number of nitrogens with one attached hydrogen (secondary N) is 1. The Hall–Kier alpha value is -2.71. The summed E-state index contributed by atoms with van der Waals surface area (Å²) in [4.78, 5) is 16.3. The average Bonchev–Trinajstić information content (AvgIpc) is 2.74. The monoisotopic (exact) mass is 431 g/mol. The molecule has 2 saturated heterocycles. The first-order chi connectivity index (χ1) is 14.9. The minimum Gasteiger partial charge on any atom is -0.372 e. The molecule has 2 heterocycles. The van der Waals surface area contributed by atoms with E-state index in [0.29, 0.717) is 44.2 Å². The van der Waals surface area contributed by atoms with Crippen molar-refractivity contribution < 1.29 is 23.0 Å². The Morgan fingerprint density at radius 3 is 2.42 bits per heavy atom. The molecule has 0 saturated carbocycles. The summed E-state index contributed by atoms with van der Waals surface area (Å²) in [7, 11) is 0. The highest BCUT2D eigenvalue weighted by Gasteiger charge is 2.27. The summed E-state index contributed by atoms with van der Waals surface area (Å²) in [6, 6.07) is 10.5. The van der Waals surface area contributed by atoms with Crippen LogP contribution in [0.15, 0.2) is 42.5 Å². The minimum atomic E-state index is -0.384. The van der Waals surface area contributed by atoms with E-state index in [2.05, 4.69) is 5.32 Å². The Morgan fingerprint density at radius 2 is 1.74 bits per heavy atom. The molecule has 166 valence electrons. The molecule has 1 N–H and O–H groups in total. The SMILES string of the molecule is CC1CN(c2ccc(NC(=O)N3CCOC(c4ccc(F)cc4)C3)cc2F)CC(C)O1. The van der Waals surface area contributed by atoms with Gasteiger partial charge in [-0.1, -0.05) is 12.1 Å². The van der Waals surface area contributed by atoms with Gasteiger partial charge in [0.1, 0.15) is 17.7 Å². The zero-order valence-electron chi connectivity index (χ0n) is 17.7. The molecule has 0 aromatic heterocycles.